The van der Waals surface area contributed by atoms with Crippen molar-refractivity contribution in [2.75, 3.05) is 31.6 Å². The van der Waals surface area contributed by atoms with Gasteiger partial charge in [-0.3, -0.25) is 0 Å². The van der Waals surface area contributed by atoms with Gasteiger partial charge in [-0.05, 0) is 61.2 Å². The van der Waals surface area contributed by atoms with E-state index >= 15 is 0 Å². The lowest BCUT2D eigenvalue weighted by Gasteiger charge is -2.40. The summed E-state index contributed by atoms with van der Waals surface area (Å²) in [5.41, 5.74) is 5.51. The number of methoxy groups -OCH3 is 1. The van der Waals surface area contributed by atoms with Gasteiger partial charge >= 0.3 is 0 Å². The maximum atomic E-state index is 6.04. The first-order valence-corrected chi connectivity index (χ1v) is 11.9. The summed E-state index contributed by atoms with van der Waals surface area (Å²) in [6, 6.07) is 17.2. The van der Waals surface area contributed by atoms with Crippen molar-refractivity contribution < 1.29 is 9.57 Å². The molecule has 0 radical (unpaired) electrons. The molecule has 2 aromatic carbocycles. The van der Waals surface area contributed by atoms with E-state index in [4.69, 9.17) is 9.57 Å². The molecule has 0 saturated carbocycles. The molecule has 7 heteroatoms. The van der Waals surface area contributed by atoms with E-state index in [1.807, 2.05) is 24.0 Å². The molecule has 0 amide bonds. The van der Waals surface area contributed by atoms with E-state index in [9.17, 15) is 0 Å². The van der Waals surface area contributed by atoms with Gasteiger partial charge in [0, 0.05) is 25.0 Å². The first kappa shape index (κ1) is 20.8. The molecule has 0 bridgehead atoms. The Labute approximate surface area is 199 Å². The monoisotopic (exact) mass is 455 g/mol. The van der Waals surface area contributed by atoms with E-state index in [-0.39, 0.29) is 6.10 Å². The quantitative estimate of drug-likeness (QED) is 0.588. The summed E-state index contributed by atoms with van der Waals surface area (Å²) in [6.07, 6.45) is 8.24. The van der Waals surface area contributed by atoms with Crippen molar-refractivity contribution in [2.45, 2.75) is 31.9 Å². The number of ether oxygens (including phenoxy) is 1. The number of aromatic nitrogens is 2. The predicted molar refractivity (Wildman–Crippen MR) is 134 cm³/mol. The van der Waals surface area contributed by atoms with Crippen LogP contribution in [0.4, 0.5) is 5.69 Å². The number of nitrogens with zero attached hydrogens (tertiary/aromatic N) is 5. The molecular weight excluding hydrogens is 426 g/mol. The van der Waals surface area contributed by atoms with Gasteiger partial charge in [0.1, 0.15) is 5.75 Å². The summed E-state index contributed by atoms with van der Waals surface area (Å²) < 4.78 is 7.70. The van der Waals surface area contributed by atoms with Gasteiger partial charge in [0.15, 0.2) is 11.9 Å². The van der Waals surface area contributed by atoms with Gasteiger partial charge in [-0.2, -0.15) is 0 Å². The number of benzene rings is 2. The number of hydrogen-bond acceptors (Lipinski definition) is 6. The number of hydrogen-bond donors (Lipinski definition) is 0. The highest BCUT2D eigenvalue weighted by Crippen LogP contribution is 2.34. The standard InChI is InChI=1S/C27H29N5O2/c1-19-15-31(18-28-19)23-11-10-20(14-25(23)33-2)13-21-7-6-12-32-24-16-30(22-8-4-3-5-9-22)17-26(24)34-29-27(21)32/h3-5,8-11,13-15,18,24,26H,6-7,12,16-17H2,1-2H3/b21-13+. The Morgan fingerprint density at radius 3 is 2.79 bits per heavy atom. The molecule has 0 N–H and O–H groups in total. The zero-order valence-electron chi connectivity index (χ0n) is 19.6. The summed E-state index contributed by atoms with van der Waals surface area (Å²) in [4.78, 5) is 15.3. The minimum atomic E-state index is 0.0984. The van der Waals surface area contributed by atoms with Gasteiger partial charge in [0.05, 0.1) is 37.4 Å². The molecule has 3 aliphatic rings. The molecule has 2 atom stereocenters. The van der Waals surface area contributed by atoms with Crippen molar-refractivity contribution in [2.24, 2.45) is 5.16 Å². The van der Waals surface area contributed by atoms with Crippen LogP contribution >= 0.6 is 0 Å². The predicted octanol–water partition coefficient (Wildman–Crippen LogP) is 4.27. The van der Waals surface area contributed by atoms with E-state index in [0.717, 1.165) is 61.0 Å². The second-order valence-corrected chi connectivity index (χ2v) is 9.19. The molecular formula is C27H29N5O2. The van der Waals surface area contributed by atoms with Crippen LogP contribution in [0.1, 0.15) is 24.1 Å². The van der Waals surface area contributed by atoms with Crippen LogP contribution in [-0.4, -0.2) is 59.2 Å². The smallest absolute Gasteiger partial charge is 0.171 e. The summed E-state index contributed by atoms with van der Waals surface area (Å²) in [6.45, 7) is 4.82. The van der Waals surface area contributed by atoms with E-state index in [2.05, 4.69) is 74.5 Å². The third-order valence-corrected chi connectivity index (χ3v) is 6.97. The van der Waals surface area contributed by atoms with Crippen molar-refractivity contribution in [3.63, 3.8) is 0 Å². The maximum absolute atomic E-state index is 6.04. The molecule has 3 aliphatic heterocycles. The SMILES string of the molecule is COc1cc(/C=C2\CCCN3C2=NOC2CN(c4ccccc4)CC23)ccc1-n1cnc(C)c1. The number of aryl methyl sites for hydroxylation is 1. The van der Waals surface area contributed by atoms with Gasteiger partial charge in [0.25, 0.3) is 0 Å². The lowest BCUT2D eigenvalue weighted by Crippen LogP contribution is -2.53. The second kappa shape index (κ2) is 8.56. The van der Waals surface area contributed by atoms with Crippen LogP contribution in [0.2, 0.25) is 0 Å². The molecule has 4 heterocycles. The highest BCUT2D eigenvalue weighted by Gasteiger charge is 2.44. The first-order valence-electron chi connectivity index (χ1n) is 11.9. The summed E-state index contributed by atoms with van der Waals surface area (Å²) in [5, 5.41) is 4.61. The third kappa shape index (κ3) is 3.71. The number of anilines is 1. The Morgan fingerprint density at radius 2 is 2.00 bits per heavy atom. The fourth-order valence-electron chi connectivity index (χ4n) is 5.29. The van der Waals surface area contributed by atoms with Crippen LogP contribution in [0, 0.1) is 6.92 Å². The van der Waals surface area contributed by atoms with Crippen molar-refractivity contribution in [1.82, 2.24) is 14.5 Å². The van der Waals surface area contributed by atoms with Gasteiger partial charge in [-0.1, -0.05) is 29.4 Å². The molecule has 7 nitrogen and oxygen atoms in total. The Hall–Kier alpha value is -3.74. The number of amidine groups is 1. The van der Waals surface area contributed by atoms with Crippen molar-refractivity contribution in [3.05, 3.63) is 77.9 Å². The van der Waals surface area contributed by atoms with Crippen molar-refractivity contribution >= 4 is 17.6 Å². The van der Waals surface area contributed by atoms with E-state index in [1.165, 1.54) is 11.3 Å². The van der Waals surface area contributed by atoms with Gasteiger partial charge < -0.3 is 23.9 Å². The molecule has 0 spiro atoms. The Bertz CT molecular complexity index is 1250. The fraction of sp³-hybridized carbons (Fsp3) is 0.333. The third-order valence-electron chi connectivity index (χ3n) is 6.97. The number of fused-ring (bicyclic) bond motifs is 3. The number of para-hydroxylation sites is 1. The summed E-state index contributed by atoms with van der Waals surface area (Å²) >= 11 is 0. The highest BCUT2D eigenvalue weighted by molar-refractivity contribution is 6.03. The van der Waals surface area contributed by atoms with E-state index in [1.54, 1.807) is 7.11 Å². The number of oxime groups is 1. The lowest BCUT2D eigenvalue weighted by molar-refractivity contribution is 0.00690. The van der Waals surface area contributed by atoms with Crippen LogP contribution in [0.15, 0.2) is 71.8 Å². The zero-order chi connectivity index (χ0) is 23.1. The first-order chi connectivity index (χ1) is 16.7. The molecule has 1 aromatic heterocycles. The highest BCUT2D eigenvalue weighted by atomic mass is 16.6. The zero-order valence-corrected chi connectivity index (χ0v) is 19.6. The molecule has 2 saturated heterocycles. The second-order valence-electron chi connectivity index (χ2n) is 9.19. The largest absolute Gasteiger partial charge is 0.495 e. The molecule has 6 rings (SSSR count). The van der Waals surface area contributed by atoms with Crippen LogP contribution in [0.25, 0.3) is 11.8 Å². The average molecular weight is 456 g/mol. The Balaban J connectivity index is 1.26. The minimum Gasteiger partial charge on any atom is -0.495 e. The van der Waals surface area contributed by atoms with Gasteiger partial charge in [-0.15, -0.1) is 0 Å². The number of piperidine rings is 1. The Kier molecular flexibility index (Phi) is 5.24. The van der Waals surface area contributed by atoms with Crippen LogP contribution < -0.4 is 9.64 Å². The maximum Gasteiger partial charge on any atom is 0.171 e. The van der Waals surface area contributed by atoms with Gasteiger partial charge in [-0.25, -0.2) is 4.98 Å². The summed E-state index contributed by atoms with van der Waals surface area (Å²) in [5.74, 6) is 1.80. The topological polar surface area (TPSA) is 55.1 Å². The Morgan fingerprint density at radius 1 is 1.12 bits per heavy atom. The van der Waals surface area contributed by atoms with E-state index in [0.29, 0.717) is 6.04 Å². The van der Waals surface area contributed by atoms with Gasteiger partial charge in [0.2, 0.25) is 0 Å². The fourth-order valence-corrected chi connectivity index (χ4v) is 5.29. The van der Waals surface area contributed by atoms with Crippen LogP contribution in [-0.2, 0) is 4.84 Å². The molecule has 0 aliphatic carbocycles. The van der Waals surface area contributed by atoms with E-state index < -0.39 is 0 Å². The number of imidazole rings is 1. The van der Waals surface area contributed by atoms with Crippen LogP contribution in [0.3, 0.4) is 0 Å². The normalized spacial score (nSPS) is 22.8. The van der Waals surface area contributed by atoms with Crippen molar-refractivity contribution in [1.29, 1.82) is 0 Å². The lowest BCUT2D eigenvalue weighted by atomic mass is 9.97. The molecule has 2 unspecified atom stereocenters. The molecule has 34 heavy (non-hydrogen) atoms. The number of rotatable bonds is 4. The molecule has 2 fully saturated rings. The summed E-state index contributed by atoms with van der Waals surface area (Å²) in [7, 11) is 1.71. The van der Waals surface area contributed by atoms with Crippen molar-refractivity contribution in [3.8, 4) is 11.4 Å². The molecule has 174 valence electrons. The molecule has 3 aromatic rings. The minimum absolute atomic E-state index is 0.0984. The average Bonchev–Trinajstić information content (AvgIpc) is 3.51. The van der Waals surface area contributed by atoms with Crippen LogP contribution in [0.5, 0.6) is 5.75 Å².